The zero-order chi connectivity index (χ0) is 20.9. The van der Waals surface area contributed by atoms with Crippen LogP contribution in [0.15, 0.2) is 73.1 Å². The van der Waals surface area contributed by atoms with Crippen molar-refractivity contribution in [2.45, 2.75) is 19.6 Å². The summed E-state index contributed by atoms with van der Waals surface area (Å²) in [6.07, 6.45) is -1.59. The number of amides is 1. The summed E-state index contributed by atoms with van der Waals surface area (Å²) in [4.78, 5) is 18.7. The van der Waals surface area contributed by atoms with Crippen LogP contribution < -0.4 is 10.2 Å². The zero-order valence-electron chi connectivity index (χ0n) is 15.8. The molecule has 150 valence electrons. The number of alkyl halides is 3. The summed E-state index contributed by atoms with van der Waals surface area (Å²) in [6, 6.07) is 16.3. The van der Waals surface area contributed by atoms with Gasteiger partial charge in [0.25, 0.3) is 5.91 Å². The Morgan fingerprint density at radius 1 is 1.03 bits per heavy atom. The van der Waals surface area contributed by atoms with E-state index in [0.29, 0.717) is 18.8 Å². The topological polar surface area (TPSA) is 45.2 Å². The molecular formula is C22H20F3N3O. The molecule has 0 saturated heterocycles. The van der Waals surface area contributed by atoms with Crippen LogP contribution in [0.3, 0.4) is 0 Å². The maximum atomic E-state index is 13.2. The van der Waals surface area contributed by atoms with Crippen LogP contribution in [-0.4, -0.2) is 17.4 Å². The standard InChI is InChI=1S/C22H20F3N3O/c1-2-28(15-16-8-4-3-5-9-16)18-12-17(13-26-14-18)21(29)27-20-11-7-6-10-19(20)22(23,24)25/h3-14H,2,15H2,1H3,(H,27,29). The molecule has 1 amide bonds. The second kappa shape index (κ2) is 8.77. The number of nitrogens with one attached hydrogen (secondary N) is 1. The minimum absolute atomic E-state index is 0.186. The van der Waals surface area contributed by atoms with Crippen molar-refractivity contribution in [2.75, 3.05) is 16.8 Å². The highest BCUT2D eigenvalue weighted by atomic mass is 19.4. The Kier molecular flexibility index (Phi) is 6.16. The van der Waals surface area contributed by atoms with Crippen LogP contribution in [0.5, 0.6) is 0 Å². The normalized spacial score (nSPS) is 11.2. The molecule has 0 atom stereocenters. The lowest BCUT2D eigenvalue weighted by atomic mass is 10.1. The Labute approximate surface area is 167 Å². The number of nitrogens with zero attached hydrogens (tertiary/aromatic N) is 2. The summed E-state index contributed by atoms with van der Waals surface area (Å²) in [7, 11) is 0. The van der Waals surface area contributed by atoms with Gasteiger partial charge in [-0.15, -0.1) is 0 Å². The molecule has 1 heterocycles. The van der Waals surface area contributed by atoms with Crippen molar-refractivity contribution in [3.05, 3.63) is 89.7 Å². The SMILES string of the molecule is CCN(Cc1ccccc1)c1cncc(C(=O)Nc2ccccc2C(F)(F)F)c1. The lowest BCUT2D eigenvalue weighted by Crippen LogP contribution is -2.23. The molecule has 0 bridgehead atoms. The van der Waals surface area contributed by atoms with Crippen LogP contribution in [0.25, 0.3) is 0 Å². The summed E-state index contributed by atoms with van der Waals surface area (Å²) in [6.45, 7) is 3.29. The van der Waals surface area contributed by atoms with E-state index >= 15 is 0 Å². The number of rotatable bonds is 6. The molecule has 0 spiro atoms. The van der Waals surface area contributed by atoms with Gasteiger partial charge in [0.05, 0.1) is 28.7 Å². The molecule has 7 heteroatoms. The first-order valence-electron chi connectivity index (χ1n) is 9.10. The highest BCUT2D eigenvalue weighted by molar-refractivity contribution is 6.05. The number of hydrogen-bond acceptors (Lipinski definition) is 3. The third-order valence-corrected chi connectivity index (χ3v) is 4.43. The molecule has 0 aliphatic rings. The van der Waals surface area contributed by atoms with Crippen LogP contribution >= 0.6 is 0 Å². The number of aromatic nitrogens is 1. The molecule has 0 aliphatic carbocycles. The Morgan fingerprint density at radius 3 is 2.41 bits per heavy atom. The van der Waals surface area contributed by atoms with Gasteiger partial charge in [0, 0.05) is 19.3 Å². The minimum atomic E-state index is -4.56. The zero-order valence-corrected chi connectivity index (χ0v) is 15.8. The molecule has 0 unspecified atom stereocenters. The van der Waals surface area contributed by atoms with Crippen molar-refractivity contribution < 1.29 is 18.0 Å². The Morgan fingerprint density at radius 2 is 1.72 bits per heavy atom. The van der Waals surface area contributed by atoms with Crippen molar-refractivity contribution in [3.8, 4) is 0 Å². The molecule has 1 aromatic heterocycles. The molecule has 3 aromatic rings. The lowest BCUT2D eigenvalue weighted by Gasteiger charge is -2.23. The Bertz CT molecular complexity index is 974. The Hall–Kier alpha value is -3.35. The fourth-order valence-electron chi connectivity index (χ4n) is 2.95. The molecule has 1 N–H and O–H groups in total. The summed E-state index contributed by atoms with van der Waals surface area (Å²) in [5.74, 6) is -0.646. The van der Waals surface area contributed by atoms with E-state index in [9.17, 15) is 18.0 Å². The second-order valence-corrected chi connectivity index (χ2v) is 6.43. The molecule has 0 radical (unpaired) electrons. The first-order chi connectivity index (χ1) is 13.9. The fraction of sp³-hybridized carbons (Fsp3) is 0.182. The van der Waals surface area contributed by atoms with Gasteiger partial charge in [0.2, 0.25) is 0 Å². The van der Waals surface area contributed by atoms with Crippen molar-refractivity contribution >= 4 is 17.3 Å². The van der Waals surface area contributed by atoms with Crippen LogP contribution in [0.1, 0.15) is 28.4 Å². The number of anilines is 2. The number of carbonyl (C=O) groups excluding carboxylic acids is 1. The van der Waals surface area contributed by atoms with Crippen molar-refractivity contribution in [3.63, 3.8) is 0 Å². The summed E-state index contributed by atoms with van der Waals surface area (Å²) in [5, 5.41) is 2.35. The Balaban J connectivity index is 1.81. The quantitative estimate of drug-likeness (QED) is 0.605. The third kappa shape index (κ3) is 5.13. The van der Waals surface area contributed by atoms with Gasteiger partial charge >= 0.3 is 6.18 Å². The van der Waals surface area contributed by atoms with Gasteiger partial charge in [0.1, 0.15) is 0 Å². The maximum Gasteiger partial charge on any atom is 0.418 e. The third-order valence-electron chi connectivity index (χ3n) is 4.43. The van der Waals surface area contributed by atoms with Crippen molar-refractivity contribution in [2.24, 2.45) is 0 Å². The van der Waals surface area contributed by atoms with E-state index in [1.807, 2.05) is 42.2 Å². The molecule has 29 heavy (non-hydrogen) atoms. The van der Waals surface area contributed by atoms with E-state index < -0.39 is 17.6 Å². The lowest BCUT2D eigenvalue weighted by molar-refractivity contribution is -0.136. The van der Waals surface area contributed by atoms with Gasteiger partial charge in [-0.2, -0.15) is 13.2 Å². The van der Waals surface area contributed by atoms with Gasteiger partial charge in [-0.1, -0.05) is 42.5 Å². The van der Waals surface area contributed by atoms with Crippen molar-refractivity contribution in [1.82, 2.24) is 4.98 Å². The average molecular weight is 399 g/mol. The van der Waals surface area contributed by atoms with Gasteiger partial charge in [0.15, 0.2) is 0 Å². The van der Waals surface area contributed by atoms with E-state index in [1.165, 1.54) is 24.4 Å². The molecule has 0 saturated carbocycles. The van der Waals surface area contributed by atoms with Crippen LogP contribution in [-0.2, 0) is 12.7 Å². The average Bonchev–Trinajstić information content (AvgIpc) is 2.72. The van der Waals surface area contributed by atoms with Crippen LogP contribution in [0.2, 0.25) is 0 Å². The van der Waals surface area contributed by atoms with Gasteiger partial charge < -0.3 is 10.2 Å². The van der Waals surface area contributed by atoms with E-state index in [2.05, 4.69) is 10.3 Å². The largest absolute Gasteiger partial charge is 0.418 e. The number of halogens is 3. The van der Waals surface area contributed by atoms with Gasteiger partial charge in [-0.25, -0.2) is 0 Å². The summed E-state index contributed by atoms with van der Waals surface area (Å²) >= 11 is 0. The van der Waals surface area contributed by atoms with E-state index in [4.69, 9.17) is 0 Å². The minimum Gasteiger partial charge on any atom is -0.366 e. The fourth-order valence-corrected chi connectivity index (χ4v) is 2.95. The molecule has 4 nitrogen and oxygen atoms in total. The van der Waals surface area contributed by atoms with Gasteiger partial charge in [-0.3, -0.25) is 9.78 Å². The second-order valence-electron chi connectivity index (χ2n) is 6.43. The first-order valence-corrected chi connectivity index (χ1v) is 9.10. The highest BCUT2D eigenvalue weighted by Gasteiger charge is 2.33. The molecule has 3 rings (SSSR count). The maximum absolute atomic E-state index is 13.2. The van der Waals surface area contributed by atoms with Crippen LogP contribution in [0.4, 0.5) is 24.5 Å². The predicted molar refractivity (Wildman–Crippen MR) is 107 cm³/mol. The number of carbonyl (C=O) groups is 1. The molecule has 0 fully saturated rings. The molecule has 2 aromatic carbocycles. The summed E-state index contributed by atoms with van der Waals surface area (Å²) < 4.78 is 39.5. The monoisotopic (exact) mass is 399 g/mol. The van der Waals surface area contributed by atoms with E-state index in [0.717, 1.165) is 11.6 Å². The first kappa shape index (κ1) is 20.4. The molecular weight excluding hydrogens is 379 g/mol. The van der Waals surface area contributed by atoms with Gasteiger partial charge in [-0.05, 0) is 30.7 Å². The highest BCUT2D eigenvalue weighted by Crippen LogP contribution is 2.34. The smallest absolute Gasteiger partial charge is 0.366 e. The number of para-hydroxylation sites is 1. The summed E-state index contributed by atoms with van der Waals surface area (Å²) in [5.41, 5.74) is 0.825. The molecule has 0 aliphatic heterocycles. The van der Waals surface area contributed by atoms with Crippen molar-refractivity contribution in [1.29, 1.82) is 0 Å². The van der Waals surface area contributed by atoms with E-state index in [1.54, 1.807) is 12.3 Å². The predicted octanol–water partition coefficient (Wildman–Crippen LogP) is 5.38. The van der Waals surface area contributed by atoms with E-state index in [-0.39, 0.29) is 11.3 Å². The van der Waals surface area contributed by atoms with Crippen LogP contribution in [0, 0.1) is 0 Å². The number of pyridine rings is 1. The number of hydrogen-bond donors (Lipinski definition) is 1. The number of benzene rings is 2.